The molecule has 0 amide bonds. The summed E-state index contributed by atoms with van der Waals surface area (Å²) in [4.78, 5) is 14.3. The Kier molecular flexibility index (Phi) is 4.30. The summed E-state index contributed by atoms with van der Waals surface area (Å²) in [5, 5.41) is 0. The molecule has 94 valence electrons. The molecule has 1 aromatic rings. The van der Waals surface area contributed by atoms with Crippen molar-refractivity contribution in [2.45, 2.75) is 19.8 Å². The molecule has 0 aliphatic rings. The van der Waals surface area contributed by atoms with Gasteiger partial charge in [0.25, 0.3) is 6.43 Å². The van der Waals surface area contributed by atoms with Gasteiger partial charge in [-0.05, 0) is 6.92 Å². The number of carbonyl (C=O) groups excluding carboxylic acids is 1. The van der Waals surface area contributed by atoms with Crippen LogP contribution < -0.4 is 5.73 Å². The number of pyridine rings is 1. The van der Waals surface area contributed by atoms with Crippen molar-refractivity contribution in [2.75, 3.05) is 12.3 Å². The zero-order valence-corrected chi connectivity index (χ0v) is 9.04. The predicted octanol–water partition coefficient (Wildman–Crippen LogP) is 1.85. The second-order valence-electron chi connectivity index (χ2n) is 3.18. The smallest absolute Gasteiger partial charge is 0.310 e. The Morgan fingerprint density at radius 2 is 2.24 bits per heavy atom. The molecule has 4 nitrogen and oxygen atoms in total. The van der Waals surface area contributed by atoms with Crippen LogP contribution in [-0.4, -0.2) is 17.6 Å². The van der Waals surface area contributed by atoms with Gasteiger partial charge >= 0.3 is 5.97 Å². The van der Waals surface area contributed by atoms with Crippen LogP contribution in [0.1, 0.15) is 24.5 Å². The largest absolute Gasteiger partial charge is 0.466 e. The summed E-state index contributed by atoms with van der Waals surface area (Å²) in [6, 6.07) is 0. The molecular weight excluding hydrogens is 237 g/mol. The molecule has 0 aliphatic carbocycles. The van der Waals surface area contributed by atoms with Crippen molar-refractivity contribution >= 4 is 11.7 Å². The fourth-order valence-electron chi connectivity index (χ4n) is 1.27. The molecule has 7 heteroatoms. The molecule has 0 radical (unpaired) electrons. The SMILES string of the molecule is CCOC(=O)Cc1cnc(F)c(C(F)F)c1N. The zero-order valence-electron chi connectivity index (χ0n) is 9.04. The predicted molar refractivity (Wildman–Crippen MR) is 53.9 cm³/mol. The highest BCUT2D eigenvalue weighted by atomic mass is 19.3. The standard InChI is InChI=1S/C10H11F3N2O2/c1-2-17-6(16)3-5-4-15-10(13)7(8(5)14)9(11)12/h4,9H,2-3H2,1H3,(H2,14,15). The maximum absolute atomic E-state index is 13.0. The molecule has 0 aromatic carbocycles. The monoisotopic (exact) mass is 248 g/mol. The quantitative estimate of drug-likeness (QED) is 0.652. The molecule has 1 heterocycles. The third kappa shape index (κ3) is 3.08. The maximum atomic E-state index is 13.0. The molecule has 1 aromatic heterocycles. The van der Waals surface area contributed by atoms with Gasteiger partial charge in [0.1, 0.15) is 0 Å². The van der Waals surface area contributed by atoms with Crippen molar-refractivity contribution in [3.8, 4) is 0 Å². The van der Waals surface area contributed by atoms with E-state index in [1.54, 1.807) is 6.92 Å². The summed E-state index contributed by atoms with van der Waals surface area (Å²) in [5.74, 6) is -1.96. The third-order valence-electron chi connectivity index (χ3n) is 2.05. The maximum Gasteiger partial charge on any atom is 0.310 e. The number of hydrogen-bond donors (Lipinski definition) is 1. The zero-order chi connectivity index (χ0) is 13.0. The number of aromatic nitrogens is 1. The molecule has 0 atom stereocenters. The molecule has 0 aliphatic heterocycles. The second-order valence-corrected chi connectivity index (χ2v) is 3.18. The highest BCUT2D eigenvalue weighted by Gasteiger charge is 2.21. The second kappa shape index (κ2) is 5.51. The number of esters is 1. The number of anilines is 1. The van der Waals surface area contributed by atoms with E-state index < -0.39 is 29.6 Å². The number of hydrogen-bond acceptors (Lipinski definition) is 4. The van der Waals surface area contributed by atoms with Crippen LogP contribution in [0.15, 0.2) is 6.20 Å². The average Bonchev–Trinajstić information content (AvgIpc) is 2.22. The third-order valence-corrected chi connectivity index (χ3v) is 2.05. The lowest BCUT2D eigenvalue weighted by atomic mass is 10.1. The van der Waals surface area contributed by atoms with E-state index >= 15 is 0 Å². The van der Waals surface area contributed by atoms with Crippen LogP contribution in [0.5, 0.6) is 0 Å². The first-order valence-electron chi connectivity index (χ1n) is 4.83. The van der Waals surface area contributed by atoms with E-state index in [1.165, 1.54) is 0 Å². The number of nitrogen functional groups attached to an aromatic ring is 1. The van der Waals surface area contributed by atoms with Crippen molar-refractivity contribution in [3.05, 3.63) is 23.3 Å². The molecule has 0 bridgehead atoms. The van der Waals surface area contributed by atoms with Crippen molar-refractivity contribution in [1.29, 1.82) is 0 Å². The number of rotatable bonds is 4. The average molecular weight is 248 g/mol. The van der Waals surface area contributed by atoms with Crippen LogP contribution in [0.3, 0.4) is 0 Å². The van der Waals surface area contributed by atoms with E-state index in [1.807, 2.05) is 0 Å². The molecule has 0 fully saturated rings. The van der Waals surface area contributed by atoms with E-state index in [-0.39, 0.29) is 18.6 Å². The van der Waals surface area contributed by atoms with Gasteiger partial charge in [-0.25, -0.2) is 13.8 Å². The summed E-state index contributed by atoms with van der Waals surface area (Å²) in [5.41, 5.74) is 3.95. The van der Waals surface area contributed by atoms with Gasteiger partial charge in [0, 0.05) is 11.8 Å². The summed E-state index contributed by atoms with van der Waals surface area (Å²) >= 11 is 0. The summed E-state index contributed by atoms with van der Waals surface area (Å²) < 4.78 is 42.6. The van der Waals surface area contributed by atoms with E-state index in [4.69, 9.17) is 5.73 Å². The first kappa shape index (κ1) is 13.3. The Bertz CT molecular complexity index is 424. The normalized spacial score (nSPS) is 10.6. The summed E-state index contributed by atoms with van der Waals surface area (Å²) in [7, 11) is 0. The lowest BCUT2D eigenvalue weighted by molar-refractivity contribution is -0.142. The van der Waals surface area contributed by atoms with E-state index in [0.29, 0.717) is 0 Å². The minimum absolute atomic E-state index is 0.0279. The van der Waals surface area contributed by atoms with Gasteiger partial charge in [-0.15, -0.1) is 0 Å². The molecule has 17 heavy (non-hydrogen) atoms. The molecule has 0 unspecified atom stereocenters. The Morgan fingerprint density at radius 1 is 1.59 bits per heavy atom. The van der Waals surface area contributed by atoms with Crippen LogP contribution in [0.2, 0.25) is 0 Å². The minimum Gasteiger partial charge on any atom is -0.466 e. The fourth-order valence-corrected chi connectivity index (χ4v) is 1.27. The van der Waals surface area contributed by atoms with Gasteiger partial charge in [0.15, 0.2) is 0 Å². The Labute approximate surface area is 95.6 Å². The number of carbonyl (C=O) groups is 1. The molecule has 0 saturated carbocycles. The number of ether oxygens (including phenoxy) is 1. The van der Waals surface area contributed by atoms with Crippen molar-refractivity contribution < 1.29 is 22.7 Å². The Morgan fingerprint density at radius 3 is 2.76 bits per heavy atom. The van der Waals surface area contributed by atoms with Crippen LogP contribution in [0.4, 0.5) is 18.9 Å². The number of nitrogens with zero attached hydrogens (tertiary/aromatic N) is 1. The Balaban J connectivity index is 3.02. The molecule has 1 rings (SSSR count). The van der Waals surface area contributed by atoms with Gasteiger partial charge in [0.05, 0.1) is 24.3 Å². The van der Waals surface area contributed by atoms with Crippen LogP contribution in [0, 0.1) is 5.95 Å². The number of nitrogens with two attached hydrogens (primary N) is 1. The van der Waals surface area contributed by atoms with Gasteiger partial charge in [0.2, 0.25) is 5.95 Å². The lowest BCUT2D eigenvalue weighted by Gasteiger charge is -2.10. The van der Waals surface area contributed by atoms with Crippen molar-refractivity contribution in [1.82, 2.24) is 4.98 Å². The molecular formula is C10H11F3N2O2. The van der Waals surface area contributed by atoms with Gasteiger partial charge < -0.3 is 10.5 Å². The molecule has 0 spiro atoms. The highest BCUT2D eigenvalue weighted by Crippen LogP contribution is 2.29. The molecule has 0 saturated heterocycles. The topological polar surface area (TPSA) is 65.2 Å². The van der Waals surface area contributed by atoms with Crippen LogP contribution in [-0.2, 0) is 16.0 Å². The van der Waals surface area contributed by atoms with Crippen LogP contribution in [0.25, 0.3) is 0 Å². The van der Waals surface area contributed by atoms with Gasteiger partial charge in [-0.3, -0.25) is 4.79 Å². The number of halogens is 3. The fraction of sp³-hybridized carbons (Fsp3) is 0.400. The van der Waals surface area contributed by atoms with E-state index in [9.17, 15) is 18.0 Å². The van der Waals surface area contributed by atoms with Crippen molar-refractivity contribution in [3.63, 3.8) is 0 Å². The van der Waals surface area contributed by atoms with E-state index in [2.05, 4.69) is 9.72 Å². The molecule has 2 N–H and O–H groups in total. The number of alkyl halides is 2. The first-order chi connectivity index (χ1) is 7.97. The summed E-state index contributed by atoms with van der Waals surface area (Å²) in [6.07, 6.45) is -2.44. The Hall–Kier alpha value is -1.79. The van der Waals surface area contributed by atoms with Gasteiger partial charge in [-0.2, -0.15) is 4.39 Å². The van der Waals surface area contributed by atoms with E-state index in [0.717, 1.165) is 6.20 Å². The van der Waals surface area contributed by atoms with Crippen LogP contribution >= 0.6 is 0 Å². The summed E-state index contributed by atoms with van der Waals surface area (Å²) in [6.45, 7) is 1.77. The van der Waals surface area contributed by atoms with Gasteiger partial charge in [-0.1, -0.05) is 0 Å². The first-order valence-corrected chi connectivity index (χ1v) is 4.83. The minimum atomic E-state index is -3.08. The van der Waals surface area contributed by atoms with Crippen molar-refractivity contribution in [2.24, 2.45) is 0 Å². The lowest BCUT2D eigenvalue weighted by Crippen LogP contribution is -2.12. The highest BCUT2D eigenvalue weighted by molar-refractivity contribution is 5.75.